The average Bonchev–Trinajstić information content (AvgIpc) is 2.30. The Bertz CT molecular complexity index is 118. The third kappa shape index (κ3) is 10.4. The van der Waals surface area contributed by atoms with Gasteiger partial charge in [-0.05, 0) is 12.8 Å². The molecule has 16 heavy (non-hydrogen) atoms. The number of rotatable bonds is 12. The molecule has 0 aromatic heterocycles. The minimum absolute atomic E-state index is 0.404. The molecule has 0 saturated heterocycles. The van der Waals surface area contributed by atoms with Crippen molar-refractivity contribution in [3.8, 4) is 0 Å². The Kier molecular flexibility index (Phi) is 12.8. The first-order chi connectivity index (χ1) is 7.85. The van der Waals surface area contributed by atoms with Gasteiger partial charge in [0.15, 0.2) is 0 Å². The molecule has 0 rings (SSSR count). The standard InChI is InChI=1S/C12H26O4/c1-4-7-10-13-15-12(9-6-3)16-14-11-8-5-2/h12H,4-11H2,1-3H3. The molecule has 0 saturated carbocycles. The molecule has 0 fully saturated rings. The fraction of sp³-hybridized carbons (Fsp3) is 1.00. The Labute approximate surface area is 99.1 Å². The predicted octanol–water partition coefficient (Wildman–Crippen LogP) is 3.61. The Morgan fingerprint density at radius 2 is 1.25 bits per heavy atom. The summed E-state index contributed by atoms with van der Waals surface area (Å²) >= 11 is 0. The first-order valence-corrected chi connectivity index (χ1v) is 6.41. The van der Waals surface area contributed by atoms with E-state index in [9.17, 15) is 0 Å². The highest BCUT2D eigenvalue weighted by molar-refractivity contribution is 4.37. The largest absolute Gasteiger partial charge is 0.234 e. The van der Waals surface area contributed by atoms with Crippen molar-refractivity contribution in [2.75, 3.05) is 13.2 Å². The van der Waals surface area contributed by atoms with E-state index in [0.29, 0.717) is 13.2 Å². The molecule has 0 aliphatic rings. The molecule has 0 unspecified atom stereocenters. The van der Waals surface area contributed by atoms with E-state index in [1.54, 1.807) is 0 Å². The summed E-state index contributed by atoms with van der Waals surface area (Å²) < 4.78 is 0. The third-order valence-electron chi connectivity index (χ3n) is 2.04. The molecule has 0 radical (unpaired) electrons. The van der Waals surface area contributed by atoms with Crippen LogP contribution in [-0.4, -0.2) is 19.5 Å². The van der Waals surface area contributed by atoms with Crippen molar-refractivity contribution in [1.29, 1.82) is 0 Å². The predicted molar refractivity (Wildman–Crippen MR) is 62.6 cm³/mol. The van der Waals surface area contributed by atoms with Gasteiger partial charge in [0.25, 0.3) is 0 Å². The number of unbranched alkanes of at least 4 members (excludes halogenated alkanes) is 2. The number of hydrogen-bond acceptors (Lipinski definition) is 4. The average molecular weight is 234 g/mol. The molecule has 98 valence electrons. The Hall–Kier alpha value is -0.160. The molecule has 0 N–H and O–H groups in total. The van der Waals surface area contributed by atoms with Gasteiger partial charge in [-0.2, -0.15) is 0 Å². The lowest BCUT2D eigenvalue weighted by molar-refractivity contribution is -0.463. The summed E-state index contributed by atoms with van der Waals surface area (Å²) in [5.74, 6) is 0. The highest BCUT2D eigenvalue weighted by atomic mass is 17.3. The summed E-state index contributed by atoms with van der Waals surface area (Å²) in [6, 6.07) is 0. The van der Waals surface area contributed by atoms with Crippen LogP contribution >= 0.6 is 0 Å². The molecule has 0 atom stereocenters. The van der Waals surface area contributed by atoms with Crippen LogP contribution in [0.15, 0.2) is 0 Å². The van der Waals surface area contributed by atoms with E-state index in [0.717, 1.165) is 38.5 Å². The van der Waals surface area contributed by atoms with E-state index in [1.165, 1.54) is 0 Å². The summed E-state index contributed by atoms with van der Waals surface area (Å²) in [5.41, 5.74) is 0. The molecular weight excluding hydrogens is 208 g/mol. The third-order valence-corrected chi connectivity index (χ3v) is 2.04. The molecule has 0 aromatic carbocycles. The van der Waals surface area contributed by atoms with Crippen LogP contribution in [0.4, 0.5) is 0 Å². The van der Waals surface area contributed by atoms with Crippen LogP contribution in [0.5, 0.6) is 0 Å². The van der Waals surface area contributed by atoms with Crippen molar-refractivity contribution in [2.24, 2.45) is 0 Å². The van der Waals surface area contributed by atoms with Crippen molar-refractivity contribution in [1.82, 2.24) is 0 Å². The van der Waals surface area contributed by atoms with Gasteiger partial charge in [0.05, 0.1) is 13.2 Å². The zero-order valence-electron chi connectivity index (χ0n) is 10.9. The fourth-order valence-electron chi connectivity index (χ4n) is 1.00. The Balaban J connectivity index is 3.45. The second kappa shape index (κ2) is 12.9. The van der Waals surface area contributed by atoms with Crippen LogP contribution in [0.1, 0.15) is 59.3 Å². The van der Waals surface area contributed by atoms with Crippen LogP contribution < -0.4 is 0 Å². The lowest BCUT2D eigenvalue weighted by Crippen LogP contribution is -2.18. The van der Waals surface area contributed by atoms with E-state index >= 15 is 0 Å². The van der Waals surface area contributed by atoms with Gasteiger partial charge in [-0.15, -0.1) is 0 Å². The molecule has 0 amide bonds. The lowest BCUT2D eigenvalue weighted by Gasteiger charge is -2.15. The maximum atomic E-state index is 5.12. The van der Waals surface area contributed by atoms with Crippen LogP contribution in [-0.2, 0) is 19.6 Å². The summed E-state index contributed by atoms with van der Waals surface area (Å²) in [4.78, 5) is 20.3. The topological polar surface area (TPSA) is 36.9 Å². The molecule has 0 aromatic rings. The molecule has 0 aliphatic carbocycles. The van der Waals surface area contributed by atoms with E-state index in [4.69, 9.17) is 19.6 Å². The van der Waals surface area contributed by atoms with Gasteiger partial charge in [0.1, 0.15) is 0 Å². The fourth-order valence-corrected chi connectivity index (χ4v) is 1.00. The Morgan fingerprint density at radius 1 is 0.750 bits per heavy atom. The van der Waals surface area contributed by atoms with Crippen molar-refractivity contribution in [3.63, 3.8) is 0 Å². The van der Waals surface area contributed by atoms with E-state index in [2.05, 4.69) is 20.8 Å². The summed E-state index contributed by atoms with van der Waals surface area (Å²) in [6.07, 6.45) is 5.52. The van der Waals surface area contributed by atoms with E-state index in [-0.39, 0.29) is 0 Å². The normalized spacial score (nSPS) is 11.2. The summed E-state index contributed by atoms with van der Waals surface area (Å²) in [6.45, 7) is 7.50. The van der Waals surface area contributed by atoms with Crippen LogP contribution in [0.2, 0.25) is 0 Å². The summed E-state index contributed by atoms with van der Waals surface area (Å²) in [5, 5.41) is 0. The molecule has 0 bridgehead atoms. The van der Waals surface area contributed by atoms with Gasteiger partial charge in [-0.1, -0.05) is 40.0 Å². The van der Waals surface area contributed by atoms with Crippen LogP contribution in [0, 0.1) is 0 Å². The maximum Gasteiger partial charge on any atom is 0.224 e. The van der Waals surface area contributed by atoms with Crippen molar-refractivity contribution >= 4 is 0 Å². The van der Waals surface area contributed by atoms with E-state index in [1.807, 2.05) is 0 Å². The van der Waals surface area contributed by atoms with Gasteiger partial charge in [-0.3, -0.25) is 0 Å². The van der Waals surface area contributed by atoms with Gasteiger partial charge < -0.3 is 0 Å². The van der Waals surface area contributed by atoms with Crippen LogP contribution in [0.25, 0.3) is 0 Å². The zero-order valence-corrected chi connectivity index (χ0v) is 10.9. The minimum Gasteiger partial charge on any atom is -0.234 e. The van der Waals surface area contributed by atoms with E-state index < -0.39 is 6.29 Å². The first kappa shape index (κ1) is 15.8. The quantitative estimate of drug-likeness (QED) is 0.224. The maximum absolute atomic E-state index is 5.12. The molecule has 0 aliphatic heterocycles. The highest BCUT2D eigenvalue weighted by Gasteiger charge is 2.10. The lowest BCUT2D eigenvalue weighted by atomic mass is 10.3. The van der Waals surface area contributed by atoms with Crippen LogP contribution in [0.3, 0.4) is 0 Å². The molecular formula is C12H26O4. The zero-order chi connectivity index (χ0) is 12.1. The minimum atomic E-state index is -0.404. The smallest absolute Gasteiger partial charge is 0.224 e. The van der Waals surface area contributed by atoms with Crippen molar-refractivity contribution in [3.05, 3.63) is 0 Å². The van der Waals surface area contributed by atoms with Crippen molar-refractivity contribution < 1.29 is 19.6 Å². The van der Waals surface area contributed by atoms with Gasteiger partial charge in [0, 0.05) is 6.42 Å². The highest BCUT2D eigenvalue weighted by Crippen LogP contribution is 2.06. The molecule has 4 heteroatoms. The summed E-state index contributed by atoms with van der Waals surface area (Å²) in [7, 11) is 0. The van der Waals surface area contributed by atoms with Gasteiger partial charge in [-0.25, -0.2) is 19.6 Å². The molecule has 0 spiro atoms. The number of hydrogen-bond donors (Lipinski definition) is 0. The monoisotopic (exact) mass is 234 g/mol. The molecule has 0 heterocycles. The second-order valence-corrected chi connectivity index (χ2v) is 3.76. The second-order valence-electron chi connectivity index (χ2n) is 3.76. The SMILES string of the molecule is CCCCOOC(CCC)OOCCCC. The first-order valence-electron chi connectivity index (χ1n) is 6.41. The molecule has 4 nitrogen and oxygen atoms in total. The van der Waals surface area contributed by atoms with Gasteiger partial charge >= 0.3 is 0 Å². The Morgan fingerprint density at radius 3 is 1.62 bits per heavy atom. The van der Waals surface area contributed by atoms with Gasteiger partial charge in [0.2, 0.25) is 6.29 Å². The van der Waals surface area contributed by atoms with Crippen molar-refractivity contribution in [2.45, 2.75) is 65.6 Å².